The highest BCUT2D eigenvalue weighted by Crippen LogP contribution is 2.20. The summed E-state index contributed by atoms with van der Waals surface area (Å²) in [5.74, 6) is 0.200. The second-order valence-electron chi connectivity index (χ2n) is 7.98. The fourth-order valence-electron chi connectivity index (χ4n) is 3.37. The van der Waals surface area contributed by atoms with Gasteiger partial charge in [-0.2, -0.15) is 0 Å². The highest BCUT2D eigenvalue weighted by Gasteiger charge is 2.29. The Morgan fingerprint density at radius 3 is 2.48 bits per heavy atom. The molecular weight excluding hydrogens is 314 g/mol. The van der Waals surface area contributed by atoms with Gasteiger partial charge in [-0.05, 0) is 23.9 Å². The number of benzene rings is 1. The maximum absolute atomic E-state index is 12.4. The number of carbonyl (C=O) groups is 1. The summed E-state index contributed by atoms with van der Waals surface area (Å²) in [7, 11) is 0. The first-order valence-electron chi connectivity index (χ1n) is 8.89. The van der Waals surface area contributed by atoms with Crippen LogP contribution in [0.15, 0.2) is 29.1 Å². The van der Waals surface area contributed by atoms with Crippen molar-refractivity contribution >= 4 is 16.8 Å². The molecule has 1 aliphatic heterocycles. The standard InChI is InChI=1S/C20H27N3O2/c1-14-6-5-7-15-12-16(18(24)21-17(14)15)13-22-8-10-23(11-9-22)19(25)20(2,3)4/h5-7,12H,8-11,13H2,1-4H3,(H,21,24). The van der Waals surface area contributed by atoms with Gasteiger partial charge in [0, 0.05) is 43.7 Å². The number of hydrogen-bond acceptors (Lipinski definition) is 3. The predicted octanol–water partition coefficient (Wildman–Crippen LogP) is 2.53. The molecule has 25 heavy (non-hydrogen) atoms. The van der Waals surface area contributed by atoms with Crippen molar-refractivity contribution in [3.05, 3.63) is 45.7 Å². The van der Waals surface area contributed by atoms with Crippen molar-refractivity contribution in [3.63, 3.8) is 0 Å². The van der Waals surface area contributed by atoms with Crippen LogP contribution in [-0.4, -0.2) is 46.9 Å². The van der Waals surface area contributed by atoms with Gasteiger partial charge in [-0.3, -0.25) is 14.5 Å². The lowest BCUT2D eigenvalue weighted by atomic mass is 9.94. The number of aryl methyl sites for hydroxylation is 1. The van der Waals surface area contributed by atoms with Gasteiger partial charge in [0.2, 0.25) is 5.91 Å². The van der Waals surface area contributed by atoms with E-state index in [0.29, 0.717) is 6.54 Å². The predicted molar refractivity (Wildman–Crippen MR) is 101 cm³/mol. The summed E-state index contributed by atoms with van der Waals surface area (Å²) in [6.07, 6.45) is 0. The molecule has 2 aromatic rings. The SMILES string of the molecule is Cc1cccc2cc(CN3CCN(C(=O)C(C)(C)C)CC3)c(=O)[nH]c12. The number of amides is 1. The Bertz CT molecular complexity index is 840. The van der Waals surface area contributed by atoms with E-state index >= 15 is 0 Å². The van der Waals surface area contributed by atoms with Crippen molar-refractivity contribution in [2.45, 2.75) is 34.2 Å². The summed E-state index contributed by atoms with van der Waals surface area (Å²) in [6.45, 7) is 11.5. The Balaban J connectivity index is 1.70. The lowest BCUT2D eigenvalue weighted by Gasteiger charge is -2.37. The number of piperazine rings is 1. The van der Waals surface area contributed by atoms with Crippen molar-refractivity contribution in [1.29, 1.82) is 0 Å². The summed E-state index contributed by atoms with van der Waals surface area (Å²) in [4.78, 5) is 32.0. The van der Waals surface area contributed by atoms with Crippen LogP contribution < -0.4 is 5.56 Å². The van der Waals surface area contributed by atoms with Gasteiger partial charge < -0.3 is 9.88 Å². The second-order valence-corrected chi connectivity index (χ2v) is 7.98. The van der Waals surface area contributed by atoms with Crippen molar-refractivity contribution in [1.82, 2.24) is 14.8 Å². The molecule has 2 heterocycles. The summed E-state index contributed by atoms with van der Waals surface area (Å²) in [6, 6.07) is 8.04. The van der Waals surface area contributed by atoms with Crippen molar-refractivity contribution in [2.24, 2.45) is 5.41 Å². The first-order chi connectivity index (χ1) is 11.8. The lowest BCUT2D eigenvalue weighted by molar-refractivity contribution is -0.141. The molecule has 0 aliphatic carbocycles. The Kier molecular flexibility index (Phi) is 4.69. The first-order valence-corrected chi connectivity index (χ1v) is 8.89. The molecule has 0 spiro atoms. The van der Waals surface area contributed by atoms with Crippen molar-refractivity contribution in [2.75, 3.05) is 26.2 Å². The fraction of sp³-hybridized carbons (Fsp3) is 0.500. The number of rotatable bonds is 2. The fourth-order valence-corrected chi connectivity index (χ4v) is 3.37. The summed E-state index contributed by atoms with van der Waals surface area (Å²) >= 11 is 0. The minimum Gasteiger partial charge on any atom is -0.340 e. The smallest absolute Gasteiger partial charge is 0.252 e. The molecule has 0 saturated carbocycles. The third kappa shape index (κ3) is 3.76. The molecule has 0 unspecified atom stereocenters. The minimum atomic E-state index is -0.338. The first kappa shape index (κ1) is 17.7. The van der Waals surface area contributed by atoms with Crippen LogP contribution in [0.2, 0.25) is 0 Å². The number of nitrogens with zero attached hydrogens (tertiary/aromatic N) is 2. The molecule has 3 rings (SSSR count). The highest BCUT2D eigenvalue weighted by atomic mass is 16.2. The number of para-hydroxylation sites is 1. The molecule has 5 heteroatoms. The maximum atomic E-state index is 12.4. The number of nitrogens with one attached hydrogen (secondary N) is 1. The Morgan fingerprint density at radius 1 is 1.16 bits per heavy atom. The second kappa shape index (κ2) is 6.64. The molecular formula is C20H27N3O2. The molecule has 5 nitrogen and oxygen atoms in total. The van der Waals surface area contributed by atoms with Gasteiger partial charge in [0.25, 0.3) is 5.56 Å². The van der Waals surface area contributed by atoms with E-state index in [-0.39, 0.29) is 16.9 Å². The number of H-pyrrole nitrogens is 1. The van der Waals surface area contributed by atoms with E-state index in [1.807, 2.05) is 56.9 Å². The Hall–Kier alpha value is -2.14. The Labute approximate surface area is 148 Å². The van der Waals surface area contributed by atoms with Gasteiger partial charge >= 0.3 is 0 Å². The van der Waals surface area contributed by atoms with E-state index in [1.54, 1.807) is 0 Å². The molecule has 1 saturated heterocycles. The van der Waals surface area contributed by atoms with E-state index in [2.05, 4.69) is 9.88 Å². The number of fused-ring (bicyclic) bond motifs is 1. The number of aromatic nitrogens is 1. The van der Waals surface area contributed by atoms with Crippen LogP contribution in [0.4, 0.5) is 0 Å². The van der Waals surface area contributed by atoms with Crippen LogP contribution in [0.3, 0.4) is 0 Å². The molecule has 1 aromatic heterocycles. The number of aromatic amines is 1. The van der Waals surface area contributed by atoms with Crippen LogP contribution in [0.1, 0.15) is 31.9 Å². The molecule has 1 amide bonds. The quantitative estimate of drug-likeness (QED) is 0.913. The van der Waals surface area contributed by atoms with E-state index in [4.69, 9.17) is 0 Å². The van der Waals surface area contributed by atoms with E-state index in [1.165, 1.54) is 0 Å². The molecule has 1 aliphatic rings. The zero-order chi connectivity index (χ0) is 18.2. The molecule has 134 valence electrons. The minimum absolute atomic E-state index is 0.0185. The van der Waals surface area contributed by atoms with E-state index < -0.39 is 0 Å². The highest BCUT2D eigenvalue weighted by molar-refractivity contribution is 5.82. The summed E-state index contributed by atoms with van der Waals surface area (Å²) < 4.78 is 0. The zero-order valence-corrected chi connectivity index (χ0v) is 15.6. The largest absolute Gasteiger partial charge is 0.340 e. The van der Waals surface area contributed by atoms with Crippen molar-refractivity contribution < 1.29 is 4.79 Å². The van der Waals surface area contributed by atoms with Gasteiger partial charge in [0.15, 0.2) is 0 Å². The van der Waals surface area contributed by atoms with Crippen molar-refractivity contribution in [3.8, 4) is 0 Å². The average molecular weight is 341 g/mol. The maximum Gasteiger partial charge on any atom is 0.252 e. The van der Waals surface area contributed by atoms with Crippen LogP contribution in [0, 0.1) is 12.3 Å². The van der Waals surface area contributed by atoms with Gasteiger partial charge in [0.1, 0.15) is 0 Å². The molecule has 0 atom stereocenters. The van der Waals surface area contributed by atoms with E-state index in [0.717, 1.165) is 48.2 Å². The summed E-state index contributed by atoms with van der Waals surface area (Å²) in [5, 5.41) is 1.07. The molecule has 0 bridgehead atoms. The zero-order valence-electron chi connectivity index (χ0n) is 15.6. The topological polar surface area (TPSA) is 56.4 Å². The number of hydrogen-bond donors (Lipinski definition) is 1. The van der Waals surface area contributed by atoms with Gasteiger partial charge in [-0.15, -0.1) is 0 Å². The van der Waals surface area contributed by atoms with Gasteiger partial charge in [-0.1, -0.05) is 39.0 Å². The number of pyridine rings is 1. The molecule has 0 radical (unpaired) electrons. The van der Waals surface area contributed by atoms with Crippen LogP contribution in [-0.2, 0) is 11.3 Å². The summed E-state index contributed by atoms with van der Waals surface area (Å²) in [5.41, 5.74) is 2.42. The normalized spacial score (nSPS) is 16.4. The number of carbonyl (C=O) groups excluding carboxylic acids is 1. The molecule has 1 aromatic carbocycles. The molecule has 1 N–H and O–H groups in total. The van der Waals surface area contributed by atoms with Crippen LogP contribution in [0.25, 0.3) is 10.9 Å². The third-order valence-electron chi connectivity index (χ3n) is 4.86. The van der Waals surface area contributed by atoms with Gasteiger partial charge in [0.05, 0.1) is 5.52 Å². The van der Waals surface area contributed by atoms with Gasteiger partial charge in [-0.25, -0.2) is 0 Å². The van der Waals surface area contributed by atoms with Crippen LogP contribution >= 0.6 is 0 Å². The Morgan fingerprint density at radius 2 is 1.84 bits per heavy atom. The third-order valence-corrected chi connectivity index (χ3v) is 4.86. The average Bonchev–Trinajstić information content (AvgIpc) is 2.56. The monoisotopic (exact) mass is 341 g/mol. The van der Waals surface area contributed by atoms with E-state index in [9.17, 15) is 9.59 Å². The van der Waals surface area contributed by atoms with Crippen LogP contribution in [0.5, 0.6) is 0 Å². The lowest BCUT2D eigenvalue weighted by Crippen LogP contribution is -2.51. The molecule has 1 fully saturated rings.